The van der Waals surface area contributed by atoms with Crippen LogP contribution in [-0.2, 0) is 17.9 Å². The van der Waals surface area contributed by atoms with Crippen molar-refractivity contribution in [2.24, 2.45) is 0 Å². The molecule has 1 saturated heterocycles. The Morgan fingerprint density at radius 1 is 0.968 bits per heavy atom. The number of piperazine rings is 1. The molecule has 0 saturated carbocycles. The Balaban J connectivity index is 1.21. The highest BCUT2D eigenvalue weighted by Gasteiger charge is 2.22. The van der Waals surface area contributed by atoms with Crippen LogP contribution in [0.3, 0.4) is 0 Å². The van der Waals surface area contributed by atoms with Gasteiger partial charge in [-0.3, -0.25) is 14.5 Å². The zero-order chi connectivity index (χ0) is 21.4. The summed E-state index contributed by atoms with van der Waals surface area (Å²) in [6.07, 6.45) is 1.70. The second-order valence-electron chi connectivity index (χ2n) is 7.81. The Morgan fingerprint density at radius 2 is 1.77 bits per heavy atom. The van der Waals surface area contributed by atoms with Crippen LogP contribution in [0.2, 0.25) is 0 Å². The van der Waals surface area contributed by atoms with Gasteiger partial charge < -0.3 is 18.9 Å². The summed E-state index contributed by atoms with van der Waals surface area (Å²) in [6, 6.07) is 13.1. The van der Waals surface area contributed by atoms with Crippen molar-refractivity contribution in [2.45, 2.75) is 13.1 Å². The van der Waals surface area contributed by atoms with Crippen molar-refractivity contribution in [1.82, 2.24) is 14.4 Å². The van der Waals surface area contributed by atoms with Gasteiger partial charge in [0, 0.05) is 54.8 Å². The topological polar surface area (TPSA) is 64.0 Å². The molecule has 1 fully saturated rings. The van der Waals surface area contributed by atoms with Gasteiger partial charge in [-0.2, -0.15) is 0 Å². The lowest BCUT2D eigenvalue weighted by Gasteiger charge is -2.35. The normalized spacial score (nSPS) is 16.1. The molecule has 2 aliphatic heterocycles. The second-order valence-corrected chi connectivity index (χ2v) is 8.73. The van der Waals surface area contributed by atoms with Crippen LogP contribution in [0.25, 0.3) is 10.9 Å². The summed E-state index contributed by atoms with van der Waals surface area (Å²) in [6.45, 7) is 4.33. The highest BCUT2D eigenvalue weighted by Crippen LogP contribution is 2.32. The summed E-state index contributed by atoms with van der Waals surface area (Å²) in [5.41, 5.74) is 1.90. The first-order chi connectivity index (χ1) is 15.1. The summed E-state index contributed by atoms with van der Waals surface area (Å²) >= 11 is 3.41. The SMILES string of the molecule is O=C(Cn1ccc(=O)c2cc(Br)ccc21)N1CCN(Cc2ccc3c(c2)OCO3)CC1. The first-order valence-corrected chi connectivity index (χ1v) is 11.0. The van der Waals surface area contributed by atoms with Gasteiger partial charge in [-0.05, 0) is 35.9 Å². The molecule has 8 heteroatoms. The number of carbonyl (C=O) groups excluding carboxylic acids is 1. The van der Waals surface area contributed by atoms with Crippen molar-refractivity contribution < 1.29 is 14.3 Å². The van der Waals surface area contributed by atoms with Gasteiger partial charge in [0.15, 0.2) is 16.9 Å². The standard InChI is InChI=1S/C23H22BrN3O4/c24-17-2-3-19-18(12-17)20(28)5-6-27(19)14-23(29)26-9-7-25(8-10-26)13-16-1-4-21-22(11-16)31-15-30-21/h1-6,11-12H,7-10,13-15H2. The number of ether oxygens (including phenoxy) is 2. The molecular formula is C23H22BrN3O4. The number of pyridine rings is 1. The third-order valence-electron chi connectivity index (χ3n) is 5.81. The van der Waals surface area contributed by atoms with Crippen molar-refractivity contribution in [3.05, 3.63) is 68.9 Å². The molecule has 0 bridgehead atoms. The molecule has 3 heterocycles. The number of carbonyl (C=O) groups is 1. The van der Waals surface area contributed by atoms with Gasteiger partial charge in [-0.25, -0.2) is 0 Å². The van der Waals surface area contributed by atoms with E-state index in [0.29, 0.717) is 18.5 Å². The predicted molar refractivity (Wildman–Crippen MR) is 120 cm³/mol. The number of hydrogen-bond donors (Lipinski definition) is 0. The Bertz CT molecular complexity index is 1200. The number of halogens is 1. The molecule has 2 aromatic carbocycles. The number of nitrogens with zero attached hydrogens (tertiary/aromatic N) is 3. The Labute approximate surface area is 187 Å². The molecular weight excluding hydrogens is 462 g/mol. The molecule has 0 spiro atoms. The maximum absolute atomic E-state index is 12.9. The van der Waals surface area contributed by atoms with Crippen LogP contribution in [0, 0.1) is 0 Å². The fraction of sp³-hybridized carbons (Fsp3) is 0.304. The number of benzene rings is 2. The maximum atomic E-state index is 12.9. The summed E-state index contributed by atoms with van der Waals surface area (Å²) in [7, 11) is 0. The van der Waals surface area contributed by atoms with Crippen molar-refractivity contribution in [2.75, 3.05) is 33.0 Å². The summed E-state index contributed by atoms with van der Waals surface area (Å²) in [5, 5.41) is 0.609. The minimum absolute atomic E-state index is 0.0443. The molecule has 0 radical (unpaired) electrons. The lowest BCUT2D eigenvalue weighted by Crippen LogP contribution is -2.49. The molecule has 160 valence electrons. The van der Waals surface area contributed by atoms with Crippen LogP contribution in [0.4, 0.5) is 0 Å². The number of amides is 1. The highest BCUT2D eigenvalue weighted by atomic mass is 79.9. The van der Waals surface area contributed by atoms with E-state index in [4.69, 9.17) is 9.47 Å². The minimum atomic E-state index is -0.0443. The van der Waals surface area contributed by atoms with Gasteiger partial charge in [0.2, 0.25) is 12.7 Å². The number of aromatic nitrogens is 1. The largest absolute Gasteiger partial charge is 0.454 e. The minimum Gasteiger partial charge on any atom is -0.454 e. The molecule has 31 heavy (non-hydrogen) atoms. The van der Waals surface area contributed by atoms with E-state index in [9.17, 15) is 9.59 Å². The zero-order valence-corrected chi connectivity index (χ0v) is 18.5. The predicted octanol–water partition coefficient (Wildman–Crippen LogP) is 2.84. The molecule has 2 aliphatic rings. The van der Waals surface area contributed by atoms with E-state index in [1.807, 2.05) is 33.7 Å². The number of fused-ring (bicyclic) bond motifs is 2. The van der Waals surface area contributed by atoms with E-state index < -0.39 is 0 Å². The molecule has 0 aliphatic carbocycles. The first-order valence-electron chi connectivity index (χ1n) is 10.2. The monoisotopic (exact) mass is 483 g/mol. The molecule has 1 aromatic heterocycles. The summed E-state index contributed by atoms with van der Waals surface area (Å²) < 4.78 is 13.5. The molecule has 0 N–H and O–H groups in total. The molecule has 5 rings (SSSR count). The molecule has 0 atom stereocenters. The van der Waals surface area contributed by atoms with Gasteiger partial charge in [0.25, 0.3) is 0 Å². The van der Waals surface area contributed by atoms with E-state index in [1.165, 1.54) is 11.6 Å². The lowest BCUT2D eigenvalue weighted by atomic mass is 10.1. The van der Waals surface area contributed by atoms with E-state index in [1.54, 1.807) is 12.3 Å². The average Bonchev–Trinajstić information content (AvgIpc) is 3.24. The van der Waals surface area contributed by atoms with Crippen LogP contribution in [-0.4, -0.2) is 53.2 Å². The maximum Gasteiger partial charge on any atom is 0.242 e. The fourth-order valence-corrected chi connectivity index (χ4v) is 4.48. The van der Waals surface area contributed by atoms with Crippen molar-refractivity contribution in [1.29, 1.82) is 0 Å². The third-order valence-corrected chi connectivity index (χ3v) is 6.31. The van der Waals surface area contributed by atoms with E-state index in [-0.39, 0.29) is 24.7 Å². The van der Waals surface area contributed by atoms with Crippen LogP contribution in [0.1, 0.15) is 5.56 Å². The van der Waals surface area contributed by atoms with Gasteiger partial charge in [0.05, 0.1) is 5.52 Å². The molecule has 0 unspecified atom stereocenters. The van der Waals surface area contributed by atoms with Crippen LogP contribution >= 0.6 is 15.9 Å². The van der Waals surface area contributed by atoms with E-state index >= 15 is 0 Å². The van der Waals surface area contributed by atoms with Crippen LogP contribution < -0.4 is 14.9 Å². The fourth-order valence-electron chi connectivity index (χ4n) is 4.12. The Hall–Kier alpha value is -2.84. The third kappa shape index (κ3) is 4.18. The lowest BCUT2D eigenvalue weighted by molar-refractivity contribution is -0.133. The van der Waals surface area contributed by atoms with Gasteiger partial charge in [-0.1, -0.05) is 22.0 Å². The van der Waals surface area contributed by atoms with Crippen molar-refractivity contribution in [3.8, 4) is 11.5 Å². The Kier molecular flexibility index (Phi) is 5.41. The summed E-state index contributed by atoms with van der Waals surface area (Å²) in [5.74, 6) is 1.66. The van der Waals surface area contributed by atoms with Crippen molar-refractivity contribution in [3.63, 3.8) is 0 Å². The molecule has 7 nitrogen and oxygen atoms in total. The number of hydrogen-bond acceptors (Lipinski definition) is 5. The smallest absolute Gasteiger partial charge is 0.242 e. The zero-order valence-electron chi connectivity index (χ0n) is 16.9. The average molecular weight is 484 g/mol. The molecule has 3 aromatic rings. The van der Waals surface area contributed by atoms with Gasteiger partial charge in [0.1, 0.15) is 6.54 Å². The summed E-state index contributed by atoms with van der Waals surface area (Å²) in [4.78, 5) is 29.3. The molecule has 1 amide bonds. The van der Waals surface area contributed by atoms with Gasteiger partial charge in [-0.15, -0.1) is 0 Å². The Morgan fingerprint density at radius 3 is 2.61 bits per heavy atom. The van der Waals surface area contributed by atoms with Gasteiger partial charge >= 0.3 is 0 Å². The highest BCUT2D eigenvalue weighted by molar-refractivity contribution is 9.10. The van der Waals surface area contributed by atoms with Crippen LogP contribution in [0.5, 0.6) is 11.5 Å². The van der Waals surface area contributed by atoms with E-state index in [2.05, 4.69) is 26.9 Å². The van der Waals surface area contributed by atoms with Crippen LogP contribution in [0.15, 0.2) is 57.9 Å². The van der Waals surface area contributed by atoms with E-state index in [0.717, 1.165) is 41.1 Å². The number of rotatable bonds is 4. The first kappa shape index (κ1) is 20.1. The second kappa shape index (κ2) is 8.36. The quantitative estimate of drug-likeness (QED) is 0.570. The van der Waals surface area contributed by atoms with Crippen molar-refractivity contribution >= 4 is 32.7 Å².